The molecule has 0 aliphatic rings. The number of aromatic hydroxyl groups is 1. The first kappa shape index (κ1) is 17.7. The lowest BCUT2D eigenvalue weighted by molar-refractivity contribution is 0.370. The number of phenolic OH excluding ortho intramolecular Hbond substituents is 1. The largest absolute Gasteiger partial charge is 0.504 e. The molecule has 0 aromatic heterocycles. The van der Waals surface area contributed by atoms with E-state index < -0.39 is 0 Å². The molecule has 2 aromatic rings. The van der Waals surface area contributed by atoms with Crippen molar-refractivity contribution in [1.29, 1.82) is 0 Å². The number of nitrogens with two attached hydrogens (primary N) is 1. The second kappa shape index (κ2) is 8.31. The van der Waals surface area contributed by atoms with Gasteiger partial charge in [0, 0.05) is 12.2 Å². The fraction of sp³-hybridized carbons (Fsp3) is 0.235. The van der Waals surface area contributed by atoms with Crippen molar-refractivity contribution < 1.29 is 14.6 Å². The molecular formula is C17H20ClN3O3. The van der Waals surface area contributed by atoms with Gasteiger partial charge in [-0.2, -0.15) is 0 Å². The van der Waals surface area contributed by atoms with E-state index in [1.165, 1.54) is 7.11 Å². The predicted molar refractivity (Wildman–Crippen MR) is 96.5 cm³/mol. The van der Waals surface area contributed by atoms with Crippen LogP contribution >= 0.6 is 11.6 Å². The van der Waals surface area contributed by atoms with E-state index in [0.29, 0.717) is 35.2 Å². The zero-order valence-electron chi connectivity index (χ0n) is 13.5. The molecule has 0 fully saturated rings. The summed E-state index contributed by atoms with van der Waals surface area (Å²) in [6, 6.07) is 10.6. The number of anilines is 1. The van der Waals surface area contributed by atoms with Crippen molar-refractivity contribution in [3.05, 3.63) is 47.0 Å². The molecule has 0 spiro atoms. The van der Waals surface area contributed by atoms with Crippen molar-refractivity contribution in [2.24, 2.45) is 10.7 Å². The van der Waals surface area contributed by atoms with Gasteiger partial charge in [-0.05, 0) is 36.2 Å². The number of para-hydroxylation sites is 1. The summed E-state index contributed by atoms with van der Waals surface area (Å²) < 4.78 is 10.2. The van der Waals surface area contributed by atoms with Crippen molar-refractivity contribution >= 4 is 23.2 Å². The van der Waals surface area contributed by atoms with Gasteiger partial charge in [-0.1, -0.05) is 23.7 Å². The highest BCUT2D eigenvalue weighted by Crippen LogP contribution is 2.29. The first-order chi connectivity index (χ1) is 11.5. The highest BCUT2D eigenvalue weighted by Gasteiger charge is 2.07. The van der Waals surface area contributed by atoms with Gasteiger partial charge in [0.1, 0.15) is 5.75 Å². The lowest BCUT2D eigenvalue weighted by Gasteiger charge is -2.09. The molecule has 0 radical (unpaired) electrons. The van der Waals surface area contributed by atoms with Crippen LogP contribution in [0.2, 0.25) is 5.02 Å². The second-order valence-electron chi connectivity index (χ2n) is 4.96. The van der Waals surface area contributed by atoms with Gasteiger partial charge in [0.25, 0.3) is 0 Å². The van der Waals surface area contributed by atoms with Crippen LogP contribution in [0.4, 0.5) is 5.69 Å². The van der Waals surface area contributed by atoms with Gasteiger partial charge >= 0.3 is 0 Å². The number of ether oxygens (including phenoxy) is 2. The van der Waals surface area contributed by atoms with Gasteiger partial charge in [0.05, 0.1) is 19.2 Å². The Balaban J connectivity index is 1.96. The van der Waals surface area contributed by atoms with Crippen LogP contribution in [0.15, 0.2) is 41.4 Å². The molecule has 0 unspecified atom stereocenters. The fourth-order valence-corrected chi connectivity index (χ4v) is 2.42. The molecule has 7 heteroatoms. The first-order valence-corrected chi connectivity index (χ1v) is 7.68. The number of benzene rings is 2. The summed E-state index contributed by atoms with van der Waals surface area (Å²) in [5, 5.41) is 13.5. The Labute approximate surface area is 145 Å². The number of nitrogens with one attached hydrogen (secondary N) is 1. The molecule has 6 nitrogen and oxygen atoms in total. The second-order valence-corrected chi connectivity index (χ2v) is 5.37. The summed E-state index contributed by atoms with van der Waals surface area (Å²) in [5.74, 6) is 1.42. The maximum Gasteiger partial charge on any atom is 0.193 e. The standard InChI is InChI=1S/C17H20ClN3O3/c1-23-14-7-6-12(10-13(14)18)21-17(19)20-9-8-11-4-3-5-15(24-2)16(11)22/h3-7,10,22H,8-9H2,1-2H3,(H3,19,20,21). The van der Waals surface area contributed by atoms with Crippen LogP contribution in [-0.2, 0) is 6.42 Å². The minimum Gasteiger partial charge on any atom is -0.504 e. The Bertz CT molecular complexity index is 735. The lowest BCUT2D eigenvalue weighted by atomic mass is 10.1. The van der Waals surface area contributed by atoms with Crippen molar-refractivity contribution in [3.63, 3.8) is 0 Å². The van der Waals surface area contributed by atoms with Crippen LogP contribution in [-0.4, -0.2) is 31.8 Å². The van der Waals surface area contributed by atoms with Gasteiger partial charge in [0.15, 0.2) is 17.5 Å². The average Bonchev–Trinajstić information content (AvgIpc) is 2.56. The van der Waals surface area contributed by atoms with E-state index in [1.54, 1.807) is 31.4 Å². The van der Waals surface area contributed by atoms with Crippen LogP contribution in [0.5, 0.6) is 17.2 Å². The maximum absolute atomic E-state index is 10.0. The summed E-state index contributed by atoms with van der Waals surface area (Å²) in [7, 11) is 3.07. The van der Waals surface area contributed by atoms with E-state index in [2.05, 4.69) is 10.3 Å². The van der Waals surface area contributed by atoms with Gasteiger partial charge in [-0.3, -0.25) is 4.99 Å². The topological polar surface area (TPSA) is 89.1 Å². The van der Waals surface area contributed by atoms with Crippen molar-refractivity contribution in [3.8, 4) is 17.2 Å². The summed E-state index contributed by atoms with van der Waals surface area (Å²) in [6.45, 7) is 0.420. The Hall–Kier alpha value is -2.60. The van der Waals surface area contributed by atoms with Gasteiger partial charge in [0.2, 0.25) is 0 Å². The van der Waals surface area contributed by atoms with Crippen molar-refractivity contribution in [1.82, 2.24) is 0 Å². The minimum absolute atomic E-state index is 0.128. The number of nitrogens with zero attached hydrogens (tertiary/aromatic N) is 1. The molecular weight excluding hydrogens is 330 g/mol. The Morgan fingerprint density at radius 2 is 1.96 bits per heavy atom. The molecule has 0 saturated heterocycles. The summed E-state index contributed by atoms with van der Waals surface area (Å²) in [4.78, 5) is 4.24. The molecule has 0 bridgehead atoms. The lowest BCUT2D eigenvalue weighted by Crippen LogP contribution is -2.23. The van der Waals surface area contributed by atoms with Crippen LogP contribution in [0.25, 0.3) is 0 Å². The molecule has 0 aliphatic carbocycles. The monoisotopic (exact) mass is 349 g/mol. The molecule has 4 N–H and O–H groups in total. The number of hydrogen-bond acceptors (Lipinski definition) is 4. The van der Waals surface area contributed by atoms with Crippen LogP contribution in [0, 0.1) is 0 Å². The Kier molecular flexibility index (Phi) is 6.14. The summed E-state index contributed by atoms with van der Waals surface area (Å²) in [6.07, 6.45) is 0.536. The van der Waals surface area contributed by atoms with Gasteiger partial charge in [-0.15, -0.1) is 0 Å². The molecule has 0 saturated carbocycles. The third-order valence-corrected chi connectivity index (χ3v) is 3.69. The zero-order valence-corrected chi connectivity index (χ0v) is 14.3. The third-order valence-electron chi connectivity index (χ3n) is 3.39. The predicted octanol–water partition coefficient (Wildman–Crippen LogP) is 3.03. The smallest absolute Gasteiger partial charge is 0.193 e. The maximum atomic E-state index is 10.0. The normalized spacial score (nSPS) is 11.2. The quantitative estimate of drug-likeness (QED) is 0.551. The average molecular weight is 350 g/mol. The molecule has 2 rings (SSSR count). The summed E-state index contributed by atoms with van der Waals surface area (Å²) >= 11 is 6.06. The third kappa shape index (κ3) is 4.45. The number of halogens is 1. The number of guanidine groups is 1. The van der Waals surface area contributed by atoms with Crippen molar-refractivity contribution in [2.45, 2.75) is 6.42 Å². The minimum atomic E-state index is 0.128. The van der Waals surface area contributed by atoms with Crippen LogP contribution < -0.4 is 20.5 Å². The molecule has 0 atom stereocenters. The van der Waals surface area contributed by atoms with E-state index in [0.717, 1.165) is 5.56 Å². The number of hydrogen-bond donors (Lipinski definition) is 3. The van der Waals surface area contributed by atoms with E-state index in [4.69, 9.17) is 26.8 Å². The molecule has 0 aliphatic heterocycles. The fourth-order valence-electron chi connectivity index (χ4n) is 2.16. The number of methoxy groups -OCH3 is 2. The molecule has 0 heterocycles. The van der Waals surface area contributed by atoms with E-state index in [9.17, 15) is 5.11 Å². The highest BCUT2D eigenvalue weighted by atomic mass is 35.5. The number of aliphatic imine (C=N–C) groups is 1. The highest BCUT2D eigenvalue weighted by molar-refractivity contribution is 6.32. The van der Waals surface area contributed by atoms with Gasteiger partial charge in [-0.25, -0.2) is 0 Å². The first-order valence-electron chi connectivity index (χ1n) is 7.30. The van der Waals surface area contributed by atoms with Gasteiger partial charge < -0.3 is 25.6 Å². The zero-order chi connectivity index (χ0) is 17.5. The Morgan fingerprint density at radius 3 is 2.62 bits per heavy atom. The number of rotatable bonds is 6. The van der Waals surface area contributed by atoms with E-state index in [-0.39, 0.29) is 11.7 Å². The molecule has 0 amide bonds. The van der Waals surface area contributed by atoms with Crippen LogP contribution in [0.1, 0.15) is 5.56 Å². The van der Waals surface area contributed by atoms with Crippen molar-refractivity contribution in [2.75, 3.05) is 26.1 Å². The summed E-state index contributed by atoms with van der Waals surface area (Å²) in [5.41, 5.74) is 7.32. The Morgan fingerprint density at radius 1 is 1.21 bits per heavy atom. The van der Waals surface area contributed by atoms with E-state index >= 15 is 0 Å². The SMILES string of the molecule is COc1ccc(NC(N)=NCCc2cccc(OC)c2O)cc1Cl. The molecule has 128 valence electrons. The number of phenols is 1. The van der Waals surface area contributed by atoms with Crippen LogP contribution in [0.3, 0.4) is 0 Å². The molecule has 24 heavy (non-hydrogen) atoms. The van der Waals surface area contributed by atoms with E-state index in [1.807, 2.05) is 12.1 Å². The molecule has 2 aromatic carbocycles.